The lowest BCUT2D eigenvalue weighted by Crippen LogP contribution is -2.50. The van der Waals surface area contributed by atoms with Gasteiger partial charge in [0, 0.05) is 6.42 Å². The molecule has 0 radical (unpaired) electrons. The van der Waals surface area contributed by atoms with Crippen LogP contribution in [-0.2, 0) is 34.8 Å². The van der Waals surface area contributed by atoms with E-state index in [4.69, 9.17) is 28.1 Å². The Morgan fingerprint density at radius 3 is 2.29 bits per heavy atom. The van der Waals surface area contributed by atoms with Gasteiger partial charge in [0.25, 0.3) is 0 Å². The van der Waals surface area contributed by atoms with Crippen molar-refractivity contribution in [2.75, 3.05) is 13.7 Å². The van der Waals surface area contributed by atoms with Crippen molar-refractivity contribution < 1.29 is 32.9 Å². The topological polar surface area (TPSA) is 72.5 Å². The predicted molar refractivity (Wildman–Crippen MR) is 201 cm³/mol. The number of carbonyl (C=O) groups excluding carboxylic acids is 1. The van der Waals surface area contributed by atoms with Gasteiger partial charge in [-0.3, -0.25) is 0 Å². The Hall–Kier alpha value is -2.07. The first kappa shape index (κ1) is 41.3. The molecule has 0 aromatic heterocycles. The van der Waals surface area contributed by atoms with Gasteiger partial charge in [0.1, 0.15) is 18.1 Å². The van der Waals surface area contributed by atoms with Crippen LogP contribution in [-0.4, -0.2) is 64.6 Å². The summed E-state index contributed by atoms with van der Waals surface area (Å²) in [6.45, 7) is 25.7. The quantitative estimate of drug-likeness (QED) is 0.0719. The largest absolute Gasteiger partial charge is 0.497 e. The van der Waals surface area contributed by atoms with E-state index in [0.29, 0.717) is 48.6 Å². The zero-order valence-electron chi connectivity index (χ0n) is 32.1. The van der Waals surface area contributed by atoms with Crippen LogP contribution in [0.5, 0.6) is 5.75 Å². The van der Waals surface area contributed by atoms with Gasteiger partial charge in [0.15, 0.2) is 5.79 Å². The number of aldehydes is 1. The van der Waals surface area contributed by atoms with Crippen LogP contribution in [0.1, 0.15) is 106 Å². The minimum absolute atomic E-state index is 0.0798. The third-order valence-corrected chi connectivity index (χ3v) is 16.2. The summed E-state index contributed by atoms with van der Waals surface area (Å²) < 4.78 is 37.6. The minimum Gasteiger partial charge on any atom is -0.497 e. The zero-order valence-corrected chi connectivity index (χ0v) is 33.1. The number of benzene rings is 1. The fourth-order valence-corrected chi connectivity index (χ4v) is 13.3. The van der Waals surface area contributed by atoms with Crippen LogP contribution in [0.25, 0.3) is 0 Å². The van der Waals surface area contributed by atoms with Crippen LogP contribution < -0.4 is 4.74 Å². The summed E-state index contributed by atoms with van der Waals surface area (Å²) in [4.78, 5) is 11.0. The molecule has 0 amide bonds. The van der Waals surface area contributed by atoms with Gasteiger partial charge in [-0.2, -0.15) is 0 Å². The molecule has 6 unspecified atom stereocenters. The van der Waals surface area contributed by atoms with Crippen molar-refractivity contribution in [3.63, 3.8) is 0 Å². The summed E-state index contributed by atoms with van der Waals surface area (Å²) in [5.41, 5.74) is 3.68. The number of methoxy groups -OCH3 is 1. The molecule has 6 atom stereocenters. The number of hydrogen-bond donors (Lipinski definition) is 0. The highest BCUT2D eigenvalue weighted by molar-refractivity contribution is 6.77. The molecule has 2 heterocycles. The van der Waals surface area contributed by atoms with Crippen LogP contribution in [0.3, 0.4) is 0 Å². The van der Waals surface area contributed by atoms with E-state index in [1.807, 2.05) is 44.2 Å². The highest BCUT2D eigenvalue weighted by atomic mass is 28.4. The second-order valence-electron chi connectivity index (χ2n) is 15.6. The van der Waals surface area contributed by atoms with E-state index in [9.17, 15) is 4.79 Å². The van der Waals surface area contributed by atoms with Gasteiger partial charge in [-0.15, -0.1) is 0 Å². The van der Waals surface area contributed by atoms with Crippen molar-refractivity contribution in [3.05, 3.63) is 66.3 Å². The molecule has 1 aromatic rings. The molecule has 2 aliphatic heterocycles. The first-order valence-corrected chi connectivity index (χ1v) is 20.7. The molecule has 7 nitrogen and oxygen atoms in total. The van der Waals surface area contributed by atoms with Gasteiger partial charge >= 0.3 is 0 Å². The fraction of sp³-hybridized carbons (Fsp3) is 0.683. The molecule has 276 valence electrons. The summed E-state index contributed by atoms with van der Waals surface area (Å²) in [6.07, 6.45) is 13.8. The normalized spacial score (nSPS) is 23.0. The van der Waals surface area contributed by atoms with Gasteiger partial charge < -0.3 is 32.9 Å². The van der Waals surface area contributed by atoms with Crippen LogP contribution in [0.15, 0.2) is 60.7 Å². The Kier molecular flexibility index (Phi) is 16.5. The van der Waals surface area contributed by atoms with E-state index in [1.54, 1.807) is 7.11 Å². The number of ether oxygens (including phenoxy) is 5. The van der Waals surface area contributed by atoms with Crippen LogP contribution in [0.2, 0.25) is 16.6 Å². The average Bonchev–Trinajstić information content (AvgIpc) is 3.40. The Bertz CT molecular complexity index is 1180. The second kappa shape index (κ2) is 19.5. The molecule has 8 heteroatoms. The second-order valence-corrected chi connectivity index (χ2v) is 21.0. The van der Waals surface area contributed by atoms with Gasteiger partial charge in [-0.1, -0.05) is 97.1 Å². The summed E-state index contributed by atoms with van der Waals surface area (Å²) in [7, 11) is -0.498. The fourth-order valence-electron chi connectivity index (χ4n) is 7.84. The Labute approximate surface area is 298 Å². The molecule has 0 bridgehead atoms. The van der Waals surface area contributed by atoms with Crippen molar-refractivity contribution in [2.45, 2.75) is 160 Å². The average molecular weight is 699 g/mol. The molecule has 1 fully saturated rings. The lowest BCUT2D eigenvalue weighted by molar-refractivity contribution is -0.157. The molecule has 0 saturated carbocycles. The SMILES string of the molecule is C=C(CC(C)CC1CC=CC(CC=O)O1)CC(/C=C/CC(OCc1ccc(OC)cc1)C1COC(C)(C)O1)O[Si](C(C)C)(C(C)C)C(C)C. The lowest BCUT2D eigenvalue weighted by atomic mass is 9.91. The Morgan fingerprint density at radius 2 is 1.71 bits per heavy atom. The number of hydrogen-bond acceptors (Lipinski definition) is 7. The predicted octanol–water partition coefficient (Wildman–Crippen LogP) is 9.90. The van der Waals surface area contributed by atoms with Crippen LogP contribution in [0.4, 0.5) is 0 Å². The molecular weight excluding hydrogens is 633 g/mol. The first-order valence-electron chi connectivity index (χ1n) is 18.5. The molecule has 0 N–H and O–H groups in total. The minimum atomic E-state index is -2.17. The lowest BCUT2D eigenvalue weighted by Gasteiger charge is -2.44. The highest BCUT2D eigenvalue weighted by Gasteiger charge is 2.46. The summed E-state index contributed by atoms with van der Waals surface area (Å²) in [5.74, 6) is 0.596. The molecule has 3 rings (SSSR count). The Morgan fingerprint density at radius 1 is 1.04 bits per heavy atom. The Balaban J connectivity index is 1.76. The molecule has 1 aromatic carbocycles. The maximum Gasteiger partial charge on any atom is 0.201 e. The van der Waals surface area contributed by atoms with E-state index >= 15 is 0 Å². The van der Waals surface area contributed by atoms with Crippen LogP contribution in [0, 0.1) is 5.92 Å². The molecule has 2 aliphatic rings. The molecule has 49 heavy (non-hydrogen) atoms. The maximum absolute atomic E-state index is 11.0. The van der Waals surface area contributed by atoms with Crippen molar-refractivity contribution in [2.24, 2.45) is 5.92 Å². The summed E-state index contributed by atoms with van der Waals surface area (Å²) in [5, 5.41) is 0. The van der Waals surface area contributed by atoms with Gasteiger partial charge in [0.2, 0.25) is 8.32 Å². The van der Waals surface area contributed by atoms with Crippen LogP contribution >= 0.6 is 0 Å². The summed E-state index contributed by atoms with van der Waals surface area (Å²) in [6, 6.07) is 7.98. The standard InChI is InChI=1S/C41H66O7Si/c1-29(2)49(30(3)4,31(5)6)48-38(26-33(8)24-32(7)25-37-15-12-14-36(46-37)22-23-42)16-13-17-39(40-28-45-41(9,10)47-40)44-27-34-18-20-35(43-11)21-19-34/h12-14,16,18-21,23,29-32,36-40H,8,15,17,22,24-28H2,1-7,9-11H3/b16-13+. The smallest absolute Gasteiger partial charge is 0.201 e. The van der Waals surface area contributed by atoms with E-state index in [-0.39, 0.29) is 30.5 Å². The van der Waals surface area contributed by atoms with Gasteiger partial charge in [-0.05, 0) is 86.2 Å². The van der Waals surface area contributed by atoms with E-state index in [0.717, 1.165) is 43.3 Å². The van der Waals surface area contributed by atoms with Gasteiger partial charge in [-0.25, -0.2) is 0 Å². The van der Waals surface area contributed by atoms with E-state index < -0.39 is 14.1 Å². The molecule has 0 spiro atoms. The maximum atomic E-state index is 11.0. The third kappa shape index (κ3) is 12.6. The monoisotopic (exact) mass is 698 g/mol. The zero-order chi connectivity index (χ0) is 36.2. The van der Waals surface area contributed by atoms with E-state index in [1.165, 1.54) is 5.57 Å². The van der Waals surface area contributed by atoms with Crippen molar-refractivity contribution >= 4 is 14.6 Å². The third-order valence-electron chi connectivity index (χ3n) is 10.1. The van der Waals surface area contributed by atoms with Gasteiger partial charge in [0.05, 0.1) is 44.7 Å². The number of carbonyl (C=O) groups is 1. The highest BCUT2D eigenvalue weighted by Crippen LogP contribution is 2.44. The van der Waals surface area contributed by atoms with E-state index in [2.05, 4.69) is 73.3 Å². The van der Waals surface area contributed by atoms with Crippen molar-refractivity contribution in [1.29, 1.82) is 0 Å². The number of rotatable bonds is 21. The summed E-state index contributed by atoms with van der Waals surface area (Å²) >= 11 is 0. The van der Waals surface area contributed by atoms with Crippen molar-refractivity contribution in [1.82, 2.24) is 0 Å². The molecule has 0 aliphatic carbocycles. The first-order chi connectivity index (χ1) is 23.2. The van der Waals surface area contributed by atoms with Crippen molar-refractivity contribution in [3.8, 4) is 5.75 Å². The molecular formula is C41H66O7Si. The molecule has 1 saturated heterocycles.